The van der Waals surface area contributed by atoms with Crippen molar-refractivity contribution in [1.82, 2.24) is 10.2 Å². The Morgan fingerprint density at radius 3 is 2.42 bits per heavy atom. The number of amides is 2. The van der Waals surface area contributed by atoms with Gasteiger partial charge in [-0.3, -0.25) is 9.59 Å². The number of fused-ring (bicyclic) bond motifs is 1. The summed E-state index contributed by atoms with van der Waals surface area (Å²) >= 11 is 6.34. The first kappa shape index (κ1) is 22.8. The zero-order chi connectivity index (χ0) is 22.2. The van der Waals surface area contributed by atoms with E-state index in [0.29, 0.717) is 31.0 Å². The lowest BCUT2D eigenvalue weighted by Crippen LogP contribution is -2.47. The van der Waals surface area contributed by atoms with Gasteiger partial charge in [-0.1, -0.05) is 79.2 Å². The minimum absolute atomic E-state index is 0.0630. The van der Waals surface area contributed by atoms with E-state index < -0.39 is 6.04 Å². The molecule has 0 bridgehead atoms. The van der Waals surface area contributed by atoms with Gasteiger partial charge in [0, 0.05) is 24.5 Å². The van der Waals surface area contributed by atoms with Gasteiger partial charge in [0.2, 0.25) is 11.8 Å². The number of benzene rings is 3. The number of carbonyl (C=O) groups excluding carboxylic acids is 2. The molecule has 0 fully saturated rings. The largest absolute Gasteiger partial charge is 0.354 e. The molecule has 0 spiro atoms. The van der Waals surface area contributed by atoms with E-state index in [1.54, 1.807) is 17.9 Å². The molecular formula is C26H29ClN2O2. The third-order valence-electron chi connectivity index (χ3n) is 5.50. The molecule has 0 heterocycles. The Kier molecular flexibility index (Phi) is 8.07. The van der Waals surface area contributed by atoms with Crippen molar-refractivity contribution < 1.29 is 9.59 Å². The molecule has 31 heavy (non-hydrogen) atoms. The Labute approximate surface area is 189 Å². The molecule has 0 aliphatic rings. The molecule has 3 aromatic rings. The molecule has 0 saturated carbocycles. The minimum atomic E-state index is -0.581. The van der Waals surface area contributed by atoms with E-state index in [9.17, 15) is 9.59 Å². The van der Waals surface area contributed by atoms with Crippen LogP contribution in [0.1, 0.15) is 37.8 Å². The van der Waals surface area contributed by atoms with Gasteiger partial charge in [-0.25, -0.2) is 0 Å². The summed E-state index contributed by atoms with van der Waals surface area (Å²) in [4.78, 5) is 27.6. The van der Waals surface area contributed by atoms with Crippen molar-refractivity contribution in [2.24, 2.45) is 0 Å². The van der Waals surface area contributed by atoms with Crippen molar-refractivity contribution in [3.63, 3.8) is 0 Å². The quantitative estimate of drug-likeness (QED) is 0.490. The number of nitrogens with zero attached hydrogens (tertiary/aromatic N) is 1. The van der Waals surface area contributed by atoms with Crippen LogP contribution in [-0.2, 0) is 22.6 Å². The van der Waals surface area contributed by atoms with Gasteiger partial charge in [-0.05, 0) is 47.7 Å². The fraction of sp³-hybridized carbons (Fsp3) is 0.308. The molecule has 0 saturated heterocycles. The highest BCUT2D eigenvalue weighted by molar-refractivity contribution is 6.31. The number of nitrogens with one attached hydrogen (secondary N) is 1. The average molecular weight is 437 g/mol. The summed E-state index contributed by atoms with van der Waals surface area (Å²) in [5, 5.41) is 5.81. The number of halogens is 1. The second-order valence-corrected chi connectivity index (χ2v) is 8.13. The number of rotatable bonds is 9. The van der Waals surface area contributed by atoms with Gasteiger partial charge >= 0.3 is 0 Å². The molecule has 5 heteroatoms. The topological polar surface area (TPSA) is 49.4 Å². The van der Waals surface area contributed by atoms with Crippen molar-refractivity contribution in [3.8, 4) is 0 Å². The van der Waals surface area contributed by atoms with Crippen LogP contribution in [0.15, 0.2) is 66.7 Å². The van der Waals surface area contributed by atoms with E-state index in [-0.39, 0.29) is 11.8 Å². The van der Waals surface area contributed by atoms with Crippen molar-refractivity contribution in [2.75, 3.05) is 6.54 Å². The van der Waals surface area contributed by atoms with E-state index in [0.717, 1.165) is 28.3 Å². The van der Waals surface area contributed by atoms with Crippen LogP contribution in [0.5, 0.6) is 0 Å². The minimum Gasteiger partial charge on any atom is -0.354 e. The first-order chi connectivity index (χ1) is 15.0. The van der Waals surface area contributed by atoms with Crippen LogP contribution in [0, 0.1) is 0 Å². The first-order valence-electron chi connectivity index (χ1n) is 10.8. The first-order valence-corrected chi connectivity index (χ1v) is 11.2. The number of hydrogen-bond acceptors (Lipinski definition) is 2. The van der Waals surface area contributed by atoms with Crippen molar-refractivity contribution in [2.45, 2.75) is 45.7 Å². The van der Waals surface area contributed by atoms with Crippen LogP contribution in [0.25, 0.3) is 10.8 Å². The van der Waals surface area contributed by atoms with E-state index in [2.05, 4.69) is 29.6 Å². The lowest BCUT2D eigenvalue weighted by atomic mass is 10.0. The smallest absolute Gasteiger partial charge is 0.242 e. The van der Waals surface area contributed by atoms with Crippen molar-refractivity contribution >= 4 is 34.2 Å². The molecule has 3 rings (SSSR count). The Balaban J connectivity index is 1.79. The Hall–Kier alpha value is -2.85. The molecule has 0 aliphatic heterocycles. The molecule has 2 amide bonds. The van der Waals surface area contributed by atoms with E-state index in [1.807, 2.05) is 43.3 Å². The second-order valence-electron chi connectivity index (χ2n) is 7.72. The predicted octanol–water partition coefficient (Wildman–Crippen LogP) is 5.37. The third kappa shape index (κ3) is 5.86. The summed E-state index contributed by atoms with van der Waals surface area (Å²) in [6, 6.07) is 21.2. The van der Waals surface area contributed by atoms with Crippen molar-refractivity contribution in [1.29, 1.82) is 0 Å². The SMILES string of the molecule is CCCNC(=O)[C@@H](C)N(Cc1ccccc1Cl)C(=O)CCc1cccc2ccccc12. The van der Waals surface area contributed by atoms with Crippen LogP contribution >= 0.6 is 11.6 Å². The fourth-order valence-corrected chi connectivity index (χ4v) is 3.88. The molecule has 162 valence electrons. The van der Waals surface area contributed by atoms with Crippen LogP contribution < -0.4 is 5.32 Å². The summed E-state index contributed by atoms with van der Waals surface area (Å²) < 4.78 is 0. The molecule has 4 nitrogen and oxygen atoms in total. The molecule has 1 atom stereocenters. The Bertz CT molecular complexity index is 1050. The normalized spacial score (nSPS) is 11.8. The van der Waals surface area contributed by atoms with E-state index in [1.165, 1.54) is 0 Å². The lowest BCUT2D eigenvalue weighted by Gasteiger charge is -2.29. The van der Waals surface area contributed by atoms with Gasteiger partial charge in [-0.2, -0.15) is 0 Å². The van der Waals surface area contributed by atoms with Gasteiger partial charge in [0.25, 0.3) is 0 Å². The summed E-state index contributed by atoms with van der Waals surface area (Å²) in [5.41, 5.74) is 1.96. The maximum atomic E-state index is 13.3. The lowest BCUT2D eigenvalue weighted by molar-refractivity contribution is -0.140. The maximum absolute atomic E-state index is 13.3. The number of hydrogen-bond donors (Lipinski definition) is 1. The second kappa shape index (κ2) is 11.0. The molecular weight excluding hydrogens is 408 g/mol. The summed E-state index contributed by atoms with van der Waals surface area (Å²) in [6.45, 7) is 4.67. The third-order valence-corrected chi connectivity index (χ3v) is 5.87. The molecule has 0 aliphatic carbocycles. The molecule has 3 aromatic carbocycles. The van der Waals surface area contributed by atoms with Crippen LogP contribution in [-0.4, -0.2) is 29.3 Å². The maximum Gasteiger partial charge on any atom is 0.242 e. The molecule has 0 radical (unpaired) electrons. The zero-order valence-electron chi connectivity index (χ0n) is 18.1. The number of aryl methyl sites for hydroxylation is 1. The van der Waals surface area contributed by atoms with Crippen LogP contribution in [0.3, 0.4) is 0 Å². The molecule has 0 aromatic heterocycles. The standard InChI is InChI=1S/C26H29ClN2O2/c1-3-17-28-26(31)19(2)29(18-22-10-5-7-14-24(22)27)25(30)16-15-21-12-8-11-20-9-4-6-13-23(20)21/h4-14,19H,3,15-18H2,1-2H3,(H,28,31)/t19-/m1/s1. The highest BCUT2D eigenvalue weighted by Crippen LogP contribution is 2.22. The van der Waals surface area contributed by atoms with E-state index >= 15 is 0 Å². The monoisotopic (exact) mass is 436 g/mol. The average Bonchev–Trinajstić information content (AvgIpc) is 2.80. The predicted molar refractivity (Wildman–Crippen MR) is 127 cm³/mol. The number of carbonyl (C=O) groups is 2. The van der Waals surface area contributed by atoms with Crippen LogP contribution in [0.4, 0.5) is 0 Å². The van der Waals surface area contributed by atoms with Crippen LogP contribution in [0.2, 0.25) is 5.02 Å². The van der Waals surface area contributed by atoms with Gasteiger partial charge in [0.1, 0.15) is 6.04 Å². The van der Waals surface area contributed by atoms with E-state index in [4.69, 9.17) is 11.6 Å². The van der Waals surface area contributed by atoms with Crippen molar-refractivity contribution in [3.05, 3.63) is 82.9 Å². The highest BCUT2D eigenvalue weighted by atomic mass is 35.5. The van der Waals surface area contributed by atoms with Gasteiger partial charge < -0.3 is 10.2 Å². The Morgan fingerprint density at radius 1 is 0.968 bits per heavy atom. The highest BCUT2D eigenvalue weighted by Gasteiger charge is 2.26. The Morgan fingerprint density at radius 2 is 1.65 bits per heavy atom. The zero-order valence-corrected chi connectivity index (χ0v) is 18.9. The molecule has 1 N–H and O–H groups in total. The fourth-order valence-electron chi connectivity index (χ4n) is 3.68. The van der Waals surface area contributed by atoms with Gasteiger partial charge in [0.05, 0.1) is 0 Å². The summed E-state index contributed by atoms with van der Waals surface area (Å²) in [6.07, 6.45) is 1.78. The summed E-state index contributed by atoms with van der Waals surface area (Å²) in [5.74, 6) is -0.209. The molecule has 0 unspecified atom stereocenters. The van der Waals surface area contributed by atoms with Gasteiger partial charge in [0.15, 0.2) is 0 Å². The summed E-state index contributed by atoms with van der Waals surface area (Å²) in [7, 11) is 0. The van der Waals surface area contributed by atoms with Gasteiger partial charge in [-0.15, -0.1) is 0 Å².